The van der Waals surface area contributed by atoms with Gasteiger partial charge in [0.05, 0.1) is 19.3 Å². The first-order valence-corrected chi connectivity index (χ1v) is 5.34. The lowest BCUT2D eigenvalue weighted by atomic mass is 10.1. The van der Waals surface area contributed by atoms with Crippen molar-refractivity contribution in [1.82, 2.24) is 0 Å². The van der Waals surface area contributed by atoms with E-state index in [9.17, 15) is 9.59 Å². The molecule has 5 nitrogen and oxygen atoms in total. The van der Waals surface area contributed by atoms with Crippen molar-refractivity contribution in [2.75, 3.05) is 13.7 Å². The molecule has 1 rings (SSSR count). The highest BCUT2D eigenvalue weighted by molar-refractivity contribution is 6.20. The van der Waals surface area contributed by atoms with Gasteiger partial charge in [0.2, 0.25) is 0 Å². The van der Waals surface area contributed by atoms with Crippen molar-refractivity contribution in [3.05, 3.63) is 35.9 Å². The third-order valence-corrected chi connectivity index (χ3v) is 2.16. The maximum atomic E-state index is 11.6. The Bertz CT molecular complexity index is 459. The quantitative estimate of drug-likeness (QED) is 0.636. The van der Waals surface area contributed by atoms with E-state index in [1.54, 1.807) is 31.2 Å². The SMILES string of the molecule is CCOC(=O)C(=CC(=O)O)c1ccc(OC)cc1. The standard InChI is InChI=1S/C13H14O5/c1-3-18-13(16)11(8-12(14)15)9-4-6-10(17-2)7-5-9/h4-8H,3H2,1-2H3,(H,14,15). The Hall–Kier alpha value is -2.30. The van der Waals surface area contributed by atoms with Gasteiger partial charge in [-0.25, -0.2) is 9.59 Å². The zero-order chi connectivity index (χ0) is 13.5. The topological polar surface area (TPSA) is 72.8 Å². The summed E-state index contributed by atoms with van der Waals surface area (Å²) >= 11 is 0. The molecule has 1 aromatic carbocycles. The van der Waals surface area contributed by atoms with Crippen LogP contribution in [0.5, 0.6) is 5.75 Å². The Morgan fingerprint density at radius 1 is 1.28 bits per heavy atom. The van der Waals surface area contributed by atoms with Crippen LogP contribution in [0.4, 0.5) is 0 Å². The zero-order valence-corrected chi connectivity index (χ0v) is 10.2. The average Bonchev–Trinajstić information content (AvgIpc) is 2.36. The Morgan fingerprint density at radius 2 is 1.89 bits per heavy atom. The average molecular weight is 250 g/mol. The van der Waals surface area contributed by atoms with E-state index >= 15 is 0 Å². The maximum Gasteiger partial charge on any atom is 0.338 e. The van der Waals surface area contributed by atoms with Crippen LogP contribution in [-0.2, 0) is 14.3 Å². The number of ether oxygens (including phenoxy) is 2. The molecule has 0 aliphatic heterocycles. The molecule has 0 aliphatic rings. The molecule has 0 fully saturated rings. The summed E-state index contributed by atoms with van der Waals surface area (Å²) in [5, 5.41) is 8.75. The Kier molecular flexibility index (Phi) is 4.92. The van der Waals surface area contributed by atoms with Gasteiger partial charge in [0.15, 0.2) is 0 Å². The molecule has 0 saturated heterocycles. The number of aliphatic carboxylic acids is 1. The maximum absolute atomic E-state index is 11.6. The fourth-order valence-electron chi connectivity index (χ4n) is 1.36. The van der Waals surface area contributed by atoms with Crippen LogP contribution in [0, 0.1) is 0 Å². The minimum Gasteiger partial charge on any atom is -0.497 e. The molecule has 96 valence electrons. The van der Waals surface area contributed by atoms with Crippen molar-refractivity contribution < 1.29 is 24.2 Å². The van der Waals surface area contributed by atoms with Gasteiger partial charge in [-0.3, -0.25) is 0 Å². The number of carboxylic acid groups (broad SMARTS) is 1. The van der Waals surface area contributed by atoms with Crippen LogP contribution in [-0.4, -0.2) is 30.8 Å². The summed E-state index contributed by atoms with van der Waals surface area (Å²) in [4.78, 5) is 22.4. The molecule has 0 unspecified atom stereocenters. The number of esters is 1. The number of rotatable bonds is 5. The summed E-state index contributed by atoms with van der Waals surface area (Å²) < 4.78 is 9.80. The van der Waals surface area contributed by atoms with Crippen molar-refractivity contribution >= 4 is 17.5 Å². The molecule has 5 heteroatoms. The number of carbonyl (C=O) groups excluding carboxylic acids is 1. The second kappa shape index (κ2) is 6.44. The molecule has 1 aromatic rings. The van der Waals surface area contributed by atoms with Crippen molar-refractivity contribution in [3.63, 3.8) is 0 Å². The van der Waals surface area contributed by atoms with Crippen LogP contribution in [0.2, 0.25) is 0 Å². The summed E-state index contributed by atoms with van der Waals surface area (Å²) in [6.45, 7) is 1.84. The first-order valence-electron chi connectivity index (χ1n) is 5.34. The molecule has 0 amide bonds. The van der Waals surface area contributed by atoms with E-state index < -0.39 is 11.9 Å². The van der Waals surface area contributed by atoms with Crippen LogP contribution >= 0.6 is 0 Å². The number of hydrogen-bond acceptors (Lipinski definition) is 4. The Labute approximate surface area is 105 Å². The molecule has 0 bridgehead atoms. The second-order valence-electron chi connectivity index (χ2n) is 3.35. The summed E-state index contributed by atoms with van der Waals surface area (Å²) in [5.74, 6) is -1.24. The number of hydrogen-bond donors (Lipinski definition) is 1. The Balaban J connectivity index is 3.09. The van der Waals surface area contributed by atoms with Crippen LogP contribution in [0.3, 0.4) is 0 Å². The van der Waals surface area contributed by atoms with Gasteiger partial charge in [-0.05, 0) is 24.6 Å². The zero-order valence-electron chi connectivity index (χ0n) is 10.2. The van der Waals surface area contributed by atoms with Crippen LogP contribution in [0.1, 0.15) is 12.5 Å². The van der Waals surface area contributed by atoms with Gasteiger partial charge in [-0.15, -0.1) is 0 Å². The van der Waals surface area contributed by atoms with E-state index in [-0.39, 0.29) is 12.2 Å². The van der Waals surface area contributed by atoms with Gasteiger partial charge in [-0.1, -0.05) is 12.1 Å². The lowest BCUT2D eigenvalue weighted by Gasteiger charge is -2.07. The minimum atomic E-state index is -1.20. The van der Waals surface area contributed by atoms with E-state index in [0.29, 0.717) is 11.3 Å². The number of carbonyl (C=O) groups is 2. The molecule has 0 heterocycles. The highest BCUT2D eigenvalue weighted by Crippen LogP contribution is 2.19. The molecule has 0 radical (unpaired) electrons. The molecule has 1 N–H and O–H groups in total. The fraction of sp³-hybridized carbons (Fsp3) is 0.231. The third kappa shape index (κ3) is 3.62. The molecular weight excluding hydrogens is 236 g/mol. The highest BCUT2D eigenvalue weighted by Gasteiger charge is 2.14. The van der Waals surface area contributed by atoms with E-state index in [2.05, 4.69) is 0 Å². The van der Waals surface area contributed by atoms with Crippen molar-refractivity contribution in [2.24, 2.45) is 0 Å². The summed E-state index contributed by atoms with van der Waals surface area (Å²) in [7, 11) is 1.52. The molecular formula is C13H14O5. The predicted molar refractivity (Wildman–Crippen MR) is 65.2 cm³/mol. The van der Waals surface area contributed by atoms with Crippen molar-refractivity contribution in [3.8, 4) is 5.75 Å². The molecule has 0 saturated carbocycles. The number of benzene rings is 1. The van der Waals surface area contributed by atoms with E-state index in [4.69, 9.17) is 14.6 Å². The third-order valence-electron chi connectivity index (χ3n) is 2.16. The van der Waals surface area contributed by atoms with Crippen molar-refractivity contribution in [2.45, 2.75) is 6.92 Å². The number of methoxy groups -OCH3 is 1. The molecule has 18 heavy (non-hydrogen) atoms. The summed E-state index contributed by atoms with van der Waals surface area (Å²) in [6, 6.07) is 6.49. The van der Waals surface area contributed by atoms with Crippen LogP contribution < -0.4 is 4.74 Å². The normalized spacial score (nSPS) is 10.9. The largest absolute Gasteiger partial charge is 0.497 e. The fourth-order valence-corrected chi connectivity index (χ4v) is 1.36. The summed E-state index contributed by atoms with van der Waals surface area (Å²) in [6.07, 6.45) is 0.833. The van der Waals surface area contributed by atoms with E-state index in [0.717, 1.165) is 6.08 Å². The predicted octanol–water partition coefficient (Wildman–Crippen LogP) is 1.73. The second-order valence-corrected chi connectivity index (χ2v) is 3.35. The highest BCUT2D eigenvalue weighted by atomic mass is 16.5. The summed E-state index contributed by atoms with van der Waals surface area (Å²) in [5.41, 5.74) is 0.476. The minimum absolute atomic E-state index is 0.00648. The molecule has 0 aliphatic carbocycles. The van der Waals surface area contributed by atoms with E-state index in [1.807, 2.05) is 0 Å². The van der Waals surface area contributed by atoms with Crippen LogP contribution in [0.25, 0.3) is 5.57 Å². The van der Waals surface area contributed by atoms with Gasteiger partial charge in [-0.2, -0.15) is 0 Å². The van der Waals surface area contributed by atoms with Gasteiger partial charge < -0.3 is 14.6 Å². The van der Waals surface area contributed by atoms with Crippen molar-refractivity contribution in [1.29, 1.82) is 0 Å². The lowest BCUT2D eigenvalue weighted by Crippen LogP contribution is -2.08. The lowest BCUT2D eigenvalue weighted by molar-refractivity contribution is -0.137. The van der Waals surface area contributed by atoms with Gasteiger partial charge >= 0.3 is 11.9 Å². The first kappa shape index (κ1) is 13.8. The Morgan fingerprint density at radius 3 is 2.33 bits per heavy atom. The molecule has 0 aromatic heterocycles. The monoisotopic (exact) mass is 250 g/mol. The first-order chi connectivity index (χ1) is 8.58. The number of carboxylic acids is 1. The van der Waals surface area contributed by atoms with Gasteiger partial charge in [0, 0.05) is 6.08 Å². The van der Waals surface area contributed by atoms with Crippen LogP contribution in [0.15, 0.2) is 30.3 Å². The van der Waals surface area contributed by atoms with Gasteiger partial charge in [0.1, 0.15) is 5.75 Å². The smallest absolute Gasteiger partial charge is 0.338 e. The molecule has 0 spiro atoms. The molecule has 0 atom stereocenters. The van der Waals surface area contributed by atoms with Gasteiger partial charge in [0.25, 0.3) is 0 Å². The van der Waals surface area contributed by atoms with E-state index in [1.165, 1.54) is 7.11 Å².